The Balaban J connectivity index is 1.89. The van der Waals surface area contributed by atoms with Gasteiger partial charge in [0.25, 0.3) is 0 Å². The van der Waals surface area contributed by atoms with Crippen LogP contribution in [0.2, 0.25) is 0 Å². The molecule has 5 nitrogen and oxygen atoms in total. The summed E-state index contributed by atoms with van der Waals surface area (Å²) in [6.07, 6.45) is 2.65. The number of guanidine groups is 1. The van der Waals surface area contributed by atoms with E-state index in [0.717, 1.165) is 31.2 Å². The van der Waals surface area contributed by atoms with E-state index in [1.54, 1.807) is 6.26 Å². The van der Waals surface area contributed by atoms with E-state index in [0.29, 0.717) is 6.54 Å². The van der Waals surface area contributed by atoms with E-state index in [9.17, 15) is 0 Å². The number of rotatable bonds is 6. The summed E-state index contributed by atoms with van der Waals surface area (Å²) in [6.45, 7) is 6.35. The maximum atomic E-state index is 4.79. The van der Waals surface area contributed by atoms with Gasteiger partial charge in [-0.3, -0.25) is 0 Å². The average Bonchev–Trinajstić information content (AvgIpc) is 3.13. The first-order chi connectivity index (χ1) is 9.81. The molecule has 0 aliphatic heterocycles. The van der Waals surface area contributed by atoms with Crippen molar-refractivity contribution in [2.24, 2.45) is 4.99 Å². The number of nitrogens with one attached hydrogen (secondary N) is 2. The summed E-state index contributed by atoms with van der Waals surface area (Å²) in [5.74, 6) is 0.793. The third-order valence-electron chi connectivity index (χ3n) is 2.73. The molecule has 0 atom stereocenters. The predicted molar refractivity (Wildman–Crippen MR) is 81.9 cm³/mol. The zero-order chi connectivity index (χ0) is 14.2. The Labute approximate surface area is 123 Å². The molecule has 2 aromatic heterocycles. The van der Waals surface area contributed by atoms with Gasteiger partial charge in [-0.2, -0.15) is 0 Å². The van der Waals surface area contributed by atoms with E-state index >= 15 is 0 Å². The molecular formula is C14H20N4OS. The molecule has 2 heterocycles. The fourth-order valence-electron chi connectivity index (χ4n) is 1.70. The van der Waals surface area contributed by atoms with Gasteiger partial charge in [0.05, 0.1) is 13.1 Å². The van der Waals surface area contributed by atoms with Gasteiger partial charge in [0.15, 0.2) is 5.96 Å². The Bertz CT molecular complexity index is 533. The summed E-state index contributed by atoms with van der Waals surface area (Å²) in [5.41, 5.74) is 0.826. The van der Waals surface area contributed by atoms with Gasteiger partial charge < -0.3 is 15.2 Å². The van der Waals surface area contributed by atoms with Crippen molar-refractivity contribution < 1.29 is 4.52 Å². The smallest absolute Gasteiger partial charge is 0.191 e. The highest BCUT2D eigenvalue weighted by Crippen LogP contribution is 2.16. The van der Waals surface area contributed by atoms with Crippen LogP contribution in [-0.2, 0) is 19.5 Å². The van der Waals surface area contributed by atoms with Crippen LogP contribution in [0.3, 0.4) is 0 Å². The second kappa shape index (κ2) is 7.69. The monoisotopic (exact) mass is 292 g/mol. The molecule has 0 spiro atoms. The Hall–Kier alpha value is -1.82. The largest absolute Gasteiger partial charge is 0.364 e. The van der Waals surface area contributed by atoms with Crippen molar-refractivity contribution >= 4 is 17.3 Å². The van der Waals surface area contributed by atoms with E-state index in [1.165, 1.54) is 9.75 Å². The van der Waals surface area contributed by atoms with Gasteiger partial charge >= 0.3 is 0 Å². The summed E-state index contributed by atoms with van der Waals surface area (Å²) in [7, 11) is 0. The molecule has 108 valence electrons. The van der Waals surface area contributed by atoms with E-state index in [4.69, 9.17) is 4.52 Å². The van der Waals surface area contributed by atoms with Crippen LogP contribution in [0.25, 0.3) is 0 Å². The number of hydrogen-bond acceptors (Lipinski definition) is 4. The minimum absolute atomic E-state index is 0.510. The third-order valence-corrected chi connectivity index (χ3v) is 3.96. The lowest BCUT2D eigenvalue weighted by Crippen LogP contribution is -2.36. The lowest BCUT2D eigenvalue weighted by atomic mass is 10.3. The van der Waals surface area contributed by atoms with Gasteiger partial charge in [-0.05, 0) is 25.5 Å². The van der Waals surface area contributed by atoms with Crippen LogP contribution in [0.1, 0.15) is 29.3 Å². The summed E-state index contributed by atoms with van der Waals surface area (Å²) >= 11 is 1.84. The highest BCUT2D eigenvalue weighted by atomic mass is 32.1. The minimum atomic E-state index is 0.510. The molecule has 0 aromatic carbocycles. The highest BCUT2D eigenvalue weighted by molar-refractivity contribution is 7.11. The van der Waals surface area contributed by atoms with E-state index in [2.05, 4.69) is 39.8 Å². The van der Waals surface area contributed by atoms with E-state index in [1.807, 2.05) is 24.3 Å². The number of aliphatic imine (C=N–C) groups is 1. The maximum Gasteiger partial charge on any atom is 0.191 e. The van der Waals surface area contributed by atoms with Crippen molar-refractivity contribution in [3.8, 4) is 0 Å². The summed E-state index contributed by atoms with van der Waals surface area (Å²) < 4.78 is 4.79. The standard InChI is InChI=1S/C14H20N4OS/c1-3-12-5-6-13(20-12)10-17-14(15-4-2)16-9-11-7-8-19-18-11/h5-8H,3-4,9-10H2,1-2H3,(H2,15,16,17). The van der Waals surface area contributed by atoms with Crippen LogP contribution in [0.5, 0.6) is 0 Å². The van der Waals surface area contributed by atoms with Crippen molar-refractivity contribution in [3.05, 3.63) is 39.9 Å². The SMILES string of the molecule is CCNC(=NCc1ccon1)NCc1ccc(CC)s1. The summed E-state index contributed by atoms with van der Waals surface area (Å²) in [4.78, 5) is 7.20. The molecule has 0 aliphatic carbocycles. The van der Waals surface area contributed by atoms with Crippen LogP contribution in [0.15, 0.2) is 34.0 Å². The molecule has 0 aliphatic rings. The molecule has 2 N–H and O–H groups in total. The fourth-order valence-corrected chi connectivity index (χ4v) is 2.60. The number of hydrogen-bond donors (Lipinski definition) is 2. The lowest BCUT2D eigenvalue weighted by Gasteiger charge is -2.09. The van der Waals surface area contributed by atoms with Crippen LogP contribution in [-0.4, -0.2) is 17.7 Å². The second-order valence-electron chi connectivity index (χ2n) is 4.26. The number of aromatic nitrogens is 1. The molecule has 0 saturated heterocycles. The molecule has 0 amide bonds. The van der Waals surface area contributed by atoms with Crippen molar-refractivity contribution in [2.45, 2.75) is 33.4 Å². The predicted octanol–water partition coefficient (Wildman–Crippen LogP) is 2.55. The average molecular weight is 292 g/mol. The van der Waals surface area contributed by atoms with Crippen molar-refractivity contribution in [1.82, 2.24) is 15.8 Å². The Kier molecular flexibility index (Phi) is 5.61. The van der Waals surface area contributed by atoms with Gasteiger partial charge in [0, 0.05) is 22.4 Å². The maximum absolute atomic E-state index is 4.79. The molecular weight excluding hydrogens is 272 g/mol. The number of thiophene rings is 1. The molecule has 0 fully saturated rings. The first-order valence-electron chi connectivity index (χ1n) is 6.80. The zero-order valence-electron chi connectivity index (χ0n) is 11.8. The number of aryl methyl sites for hydroxylation is 1. The Morgan fingerprint density at radius 2 is 2.10 bits per heavy atom. The lowest BCUT2D eigenvalue weighted by molar-refractivity contribution is 0.412. The molecule has 2 rings (SSSR count). The van der Waals surface area contributed by atoms with Gasteiger partial charge in [-0.25, -0.2) is 4.99 Å². The highest BCUT2D eigenvalue weighted by Gasteiger charge is 2.02. The molecule has 0 bridgehead atoms. The summed E-state index contributed by atoms with van der Waals surface area (Å²) in [6, 6.07) is 6.17. The number of nitrogens with zero attached hydrogens (tertiary/aromatic N) is 2. The molecule has 2 aromatic rings. The minimum Gasteiger partial charge on any atom is -0.364 e. The van der Waals surface area contributed by atoms with Gasteiger partial charge in [0.2, 0.25) is 0 Å². The first-order valence-corrected chi connectivity index (χ1v) is 7.62. The van der Waals surface area contributed by atoms with E-state index < -0.39 is 0 Å². The Morgan fingerprint density at radius 1 is 1.25 bits per heavy atom. The van der Waals surface area contributed by atoms with Crippen molar-refractivity contribution in [1.29, 1.82) is 0 Å². The zero-order valence-corrected chi connectivity index (χ0v) is 12.7. The van der Waals surface area contributed by atoms with Crippen molar-refractivity contribution in [3.63, 3.8) is 0 Å². The van der Waals surface area contributed by atoms with Gasteiger partial charge in [-0.15, -0.1) is 11.3 Å². The van der Waals surface area contributed by atoms with E-state index in [-0.39, 0.29) is 0 Å². The fraction of sp³-hybridized carbons (Fsp3) is 0.429. The topological polar surface area (TPSA) is 62.5 Å². The van der Waals surface area contributed by atoms with Crippen LogP contribution < -0.4 is 10.6 Å². The van der Waals surface area contributed by atoms with Gasteiger partial charge in [-0.1, -0.05) is 12.1 Å². The first kappa shape index (κ1) is 14.6. The molecule has 0 radical (unpaired) electrons. The third kappa shape index (κ3) is 4.38. The Morgan fingerprint density at radius 3 is 2.75 bits per heavy atom. The quantitative estimate of drug-likeness (QED) is 0.634. The molecule has 0 unspecified atom stereocenters. The van der Waals surface area contributed by atoms with Gasteiger partial charge in [0.1, 0.15) is 12.0 Å². The van der Waals surface area contributed by atoms with Crippen molar-refractivity contribution in [2.75, 3.05) is 6.54 Å². The molecule has 6 heteroatoms. The molecule has 20 heavy (non-hydrogen) atoms. The second-order valence-corrected chi connectivity index (χ2v) is 5.51. The van der Waals surface area contributed by atoms with Crippen LogP contribution >= 0.6 is 11.3 Å². The molecule has 0 saturated carbocycles. The summed E-state index contributed by atoms with van der Waals surface area (Å²) in [5, 5.41) is 10.4. The van der Waals surface area contributed by atoms with Crippen LogP contribution in [0, 0.1) is 0 Å². The normalized spacial score (nSPS) is 11.6. The van der Waals surface area contributed by atoms with Crippen LogP contribution in [0.4, 0.5) is 0 Å².